The Morgan fingerprint density at radius 1 is 1.40 bits per heavy atom. The van der Waals surface area contributed by atoms with Crippen molar-refractivity contribution in [2.75, 3.05) is 0 Å². The summed E-state index contributed by atoms with van der Waals surface area (Å²) in [5, 5.41) is 1.83. The highest BCUT2D eigenvalue weighted by Gasteiger charge is 2.33. The first kappa shape index (κ1) is 14.1. The average molecular weight is 295 g/mol. The summed E-state index contributed by atoms with van der Waals surface area (Å²) >= 11 is 5.86. The molecule has 0 aliphatic carbocycles. The summed E-state index contributed by atoms with van der Waals surface area (Å²) in [6, 6.07) is 6.57. The molecule has 0 unspecified atom stereocenters. The quantitative estimate of drug-likeness (QED) is 0.744. The second-order valence-corrected chi connectivity index (χ2v) is 5.16. The van der Waals surface area contributed by atoms with Gasteiger partial charge in [-0.15, -0.1) is 0 Å². The minimum absolute atomic E-state index is 0.0675. The van der Waals surface area contributed by atoms with Crippen molar-refractivity contribution >= 4 is 29.4 Å². The zero-order valence-corrected chi connectivity index (χ0v) is 11.8. The Morgan fingerprint density at radius 2 is 2.10 bits per heavy atom. The van der Waals surface area contributed by atoms with Gasteiger partial charge in [0.2, 0.25) is 11.9 Å². The van der Waals surface area contributed by atoms with E-state index in [9.17, 15) is 4.79 Å². The predicted octanol–water partition coefficient (Wildman–Crippen LogP) is 0.666. The van der Waals surface area contributed by atoms with Crippen LogP contribution in [0.3, 0.4) is 0 Å². The highest BCUT2D eigenvalue weighted by molar-refractivity contribution is 6.30. The van der Waals surface area contributed by atoms with Crippen molar-refractivity contribution in [3.63, 3.8) is 0 Å². The standard InChI is InChI=1S/C12H15ClN6O/c1-12(2)17-10(14)16-11(15)19(12)18-9(20)7-4-3-5-8(13)6-7/h3-6H,1-2H3,(H,18,20)(H4,14,15,16,17). The van der Waals surface area contributed by atoms with Crippen LogP contribution in [0.1, 0.15) is 24.2 Å². The molecule has 0 aromatic heterocycles. The van der Waals surface area contributed by atoms with Crippen LogP contribution in [0.25, 0.3) is 0 Å². The highest BCUT2D eigenvalue weighted by Crippen LogP contribution is 2.18. The molecular weight excluding hydrogens is 280 g/mol. The number of hydrogen-bond donors (Lipinski definition) is 3. The Morgan fingerprint density at radius 3 is 2.70 bits per heavy atom. The third-order valence-electron chi connectivity index (χ3n) is 2.69. The lowest BCUT2D eigenvalue weighted by Crippen LogP contribution is -2.61. The molecule has 1 aromatic carbocycles. The SMILES string of the molecule is CC1(C)N=C(N)N=C(N)N1NC(=O)c1cccc(Cl)c1. The predicted molar refractivity (Wildman–Crippen MR) is 78.1 cm³/mol. The van der Waals surface area contributed by atoms with Gasteiger partial charge in [-0.1, -0.05) is 17.7 Å². The zero-order chi connectivity index (χ0) is 14.9. The smallest absolute Gasteiger partial charge is 0.270 e. The number of nitrogens with two attached hydrogens (primary N) is 2. The van der Waals surface area contributed by atoms with E-state index < -0.39 is 5.66 Å². The molecule has 0 bridgehead atoms. The summed E-state index contributed by atoms with van der Waals surface area (Å²) in [5.41, 5.74) is 13.5. The van der Waals surface area contributed by atoms with E-state index in [1.54, 1.807) is 38.1 Å². The molecule has 1 aliphatic heterocycles. The molecule has 1 aliphatic rings. The summed E-state index contributed by atoms with van der Waals surface area (Å²) in [5.74, 6) is -0.229. The minimum atomic E-state index is -0.829. The van der Waals surface area contributed by atoms with E-state index in [2.05, 4.69) is 15.4 Å². The number of hydrazine groups is 1. The molecule has 8 heteroatoms. The number of amides is 1. The highest BCUT2D eigenvalue weighted by atomic mass is 35.5. The average Bonchev–Trinajstić information content (AvgIpc) is 2.32. The van der Waals surface area contributed by atoms with E-state index in [-0.39, 0.29) is 17.8 Å². The van der Waals surface area contributed by atoms with Crippen LogP contribution in [-0.2, 0) is 0 Å². The first-order valence-electron chi connectivity index (χ1n) is 5.86. The third-order valence-corrected chi connectivity index (χ3v) is 2.93. The van der Waals surface area contributed by atoms with Crippen molar-refractivity contribution in [2.45, 2.75) is 19.5 Å². The summed E-state index contributed by atoms with van der Waals surface area (Å²) in [7, 11) is 0. The van der Waals surface area contributed by atoms with Crippen molar-refractivity contribution in [3.05, 3.63) is 34.9 Å². The van der Waals surface area contributed by atoms with Gasteiger partial charge in [-0.2, -0.15) is 4.99 Å². The van der Waals surface area contributed by atoms with Crippen LogP contribution in [0.5, 0.6) is 0 Å². The number of nitrogens with one attached hydrogen (secondary N) is 1. The Bertz CT molecular complexity index is 610. The topological polar surface area (TPSA) is 109 Å². The lowest BCUT2D eigenvalue weighted by molar-refractivity contribution is 0.0752. The van der Waals surface area contributed by atoms with Gasteiger partial charge in [0.15, 0.2) is 5.66 Å². The number of rotatable bonds is 2. The van der Waals surface area contributed by atoms with Crippen LogP contribution < -0.4 is 16.9 Å². The Hall–Kier alpha value is -2.28. The molecule has 0 atom stereocenters. The molecule has 0 spiro atoms. The maximum absolute atomic E-state index is 12.2. The molecule has 1 aromatic rings. The third kappa shape index (κ3) is 2.83. The summed E-state index contributed by atoms with van der Waals surface area (Å²) in [6.07, 6.45) is 0. The summed E-state index contributed by atoms with van der Waals surface area (Å²) < 4.78 is 0. The number of halogens is 1. The van der Waals surface area contributed by atoms with E-state index in [0.29, 0.717) is 10.6 Å². The maximum atomic E-state index is 12.2. The van der Waals surface area contributed by atoms with Crippen molar-refractivity contribution < 1.29 is 4.79 Å². The van der Waals surface area contributed by atoms with Crippen molar-refractivity contribution in [3.8, 4) is 0 Å². The molecule has 0 saturated carbocycles. The lowest BCUT2D eigenvalue weighted by atomic mass is 10.2. The largest absolute Gasteiger partial charge is 0.368 e. The number of carbonyl (C=O) groups is 1. The van der Waals surface area contributed by atoms with E-state index in [4.69, 9.17) is 23.1 Å². The molecule has 1 heterocycles. The molecule has 0 fully saturated rings. The van der Waals surface area contributed by atoms with Crippen molar-refractivity contribution in [1.82, 2.24) is 10.4 Å². The molecule has 20 heavy (non-hydrogen) atoms. The van der Waals surface area contributed by atoms with Crippen LogP contribution in [0.15, 0.2) is 34.3 Å². The van der Waals surface area contributed by atoms with Gasteiger partial charge in [-0.25, -0.2) is 10.0 Å². The summed E-state index contributed by atoms with van der Waals surface area (Å²) in [4.78, 5) is 20.1. The normalized spacial score (nSPS) is 17.2. The number of aliphatic imine (C=N–C) groups is 2. The van der Waals surface area contributed by atoms with Gasteiger partial charge in [-0.05, 0) is 32.0 Å². The van der Waals surface area contributed by atoms with Gasteiger partial charge in [0.05, 0.1) is 0 Å². The fourth-order valence-corrected chi connectivity index (χ4v) is 1.98. The van der Waals surface area contributed by atoms with E-state index in [1.165, 1.54) is 5.01 Å². The molecule has 2 rings (SSSR count). The summed E-state index contributed by atoms with van der Waals surface area (Å²) in [6.45, 7) is 3.50. The number of carbonyl (C=O) groups excluding carboxylic acids is 1. The Balaban J connectivity index is 2.22. The number of benzene rings is 1. The number of nitrogens with zero attached hydrogens (tertiary/aromatic N) is 3. The van der Waals surface area contributed by atoms with E-state index in [0.717, 1.165) is 0 Å². The first-order valence-corrected chi connectivity index (χ1v) is 6.24. The van der Waals surface area contributed by atoms with Crippen LogP contribution >= 0.6 is 11.6 Å². The van der Waals surface area contributed by atoms with E-state index >= 15 is 0 Å². The van der Waals surface area contributed by atoms with Crippen LogP contribution in [0.2, 0.25) is 5.02 Å². The molecule has 0 radical (unpaired) electrons. The maximum Gasteiger partial charge on any atom is 0.270 e. The Kier molecular flexibility index (Phi) is 3.54. The monoisotopic (exact) mass is 294 g/mol. The van der Waals surface area contributed by atoms with Gasteiger partial charge < -0.3 is 11.5 Å². The number of hydrogen-bond acceptors (Lipinski definition) is 6. The molecular formula is C12H15ClN6O. The molecule has 5 N–H and O–H groups in total. The minimum Gasteiger partial charge on any atom is -0.368 e. The van der Waals surface area contributed by atoms with Gasteiger partial charge in [0, 0.05) is 10.6 Å². The molecule has 0 saturated heterocycles. The van der Waals surface area contributed by atoms with Crippen LogP contribution in [-0.4, -0.2) is 28.5 Å². The van der Waals surface area contributed by atoms with Crippen molar-refractivity contribution in [1.29, 1.82) is 0 Å². The second kappa shape index (κ2) is 5.01. The van der Waals surface area contributed by atoms with Crippen LogP contribution in [0, 0.1) is 0 Å². The molecule has 1 amide bonds. The van der Waals surface area contributed by atoms with Gasteiger partial charge >= 0.3 is 0 Å². The lowest BCUT2D eigenvalue weighted by Gasteiger charge is -2.37. The fourth-order valence-electron chi connectivity index (χ4n) is 1.79. The van der Waals surface area contributed by atoms with Crippen LogP contribution in [0.4, 0.5) is 0 Å². The van der Waals surface area contributed by atoms with Crippen molar-refractivity contribution in [2.24, 2.45) is 21.5 Å². The zero-order valence-electron chi connectivity index (χ0n) is 11.1. The fraction of sp³-hybridized carbons (Fsp3) is 0.250. The number of guanidine groups is 2. The first-order chi connectivity index (χ1) is 9.29. The van der Waals surface area contributed by atoms with E-state index in [1.807, 2.05) is 0 Å². The van der Waals surface area contributed by atoms with Gasteiger partial charge in [0.25, 0.3) is 5.91 Å². The van der Waals surface area contributed by atoms with Gasteiger partial charge in [-0.3, -0.25) is 10.2 Å². The second-order valence-electron chi connectivity index (χ2n) is 4.72. The van der Waals surface area contributed by atoms with Gasteiger partial charge in [0.1, 0.15) is 0 Å². The molecule has 7 nitrogen and oxygen atoms in total. The Labute approximate surface area is 121 Å². The molecule has 106 valence electrons.